The molecule has 3 aromatic rings. The number of nitrogens with one attached hydrogen (secondary N) is 1. The molecule has 24 heavy (non-hydrogen) atoms. The molecule has 1 heterocycles. The van der Waals surface area contributed by atoms with Gasteiger partial charge in [0.25, 0.3) is 5.91 Å². The van der Waals surface area contributed by atoms with Crippen LogP contribution in [0.25, 0.3) is 0 Å². The van der Waals surface area contributed by atoms with Crippen LogP contribution in [0.1, 0.15) is 21.5 Å². The van der Waals surface area contributed by atoms with E-state index >= 15 is 0 Å². The van der Waals surface area contributed by atoms with Gasteiger partial charge in [-0.25, -0.2) is 4.39 Å². The van der Waals surface area contributed by atoms with Crippen molar-refractivity contribution < 1.29 is 9.18 Å². The molecule has 0 atom stereocenters. The highest BCUT2D eigenvalue weighted by Crippen LogP contribution is 2.11. The molecule has 5 nitrogen and oxygen atoms in total. The van der Waals surface area contributed by atoms with Gasteiger partial charge in [-0.2, -0.15) is 10.4 Å². The summed E-state index contributed by atoms with van der Waals surface area (Å²) < 4.78 is 15.2. The third kappa shape index (κ3) is 3.47. The summed E-state index contributed by atoms with van der Waals surface area (Å²) in [4.78, 5) is 12.1. The molecule has 118 valence electrons. The first-order chi connectivity index (χ1) is 11.7. The number of halogens is 1. The summed E-state index contributed by atoms with van der Waals surface area (Å²) in [6.07, 6.45) is 1.67. The summed E-state index contributed by atoms with van der Waals surface area (Å²) >= 11 is 0. The maximum absolute atomic E-state index is 13.6. The van der Waals surface area contributed by atoms with Crippen LogP contribution in [0, 0.1) is 17.1 Å². The number of amides is 1. The van der Waals surface area contributed by atoms with Crippen molar-refractivity contribution >= 4 is 11.7 Å². The van der Waals surface area contributed by atoms with Gasteiger partial charge in [-0.05, 0) is 30.3 Å². The van der Waals surface area contributed by atoms with Gasteiger partial charge >= 0.3 is 0 Å². The van der Waals surface area contributed by atoms with Gasteiger partial charge in [0.15, 0.2) is 5.82 Å². The zero-order chi connectivity index (χ0) is 16.9. The molecule has 0 bridgehead atoms. The molecule has 0 saturated carbocycles. The quantitative estimate of drug-likeness (QED) is 0.802. The number of hydrogen-bond donors (Lipinski definition) is 1. The minimum absolute atomic E-state index is 0.277. The summed E-state index contributed by atoms with van der Waals surface area (Å²) in [7, 11) is 0. The lowest BCUT2D eigenvalue weighted by Crippen LogP contribution is -2.13. The molecule has 0 aliphatic heterocycles. The van der Waals surface area contributed by atoms with Gasteiger partial charge in [-0.1, -0.05) is 18.2 Å². The van der Waals surface area contributed by atoms with E-state index in [2.05, 4.69) is 10.4 Å². The Hall–Kier alpha value is -3.46. The van der Waals surface area contributed by atoms with E-state index in [-0.39, 0.29) is 18.3 Å². The van der Waals surface area contributed by atoms with E-state index in [4.69, 9.17) is 5.26 Å². The van der Waals surface area contributed by atoms with Crippen LogP contribution in [-0.4, -0.2) is 15.7 Å². The molecule has 0 aliphatic rings. The fraction of sp³-hybridized carbons (Fsp3) is 0.0556. The molecule has 0 aliphatic carbocycles. The highest BCUT2D eigenvalue weighted by molar-refractivity contribution is 6.03. The second kappa shape index (κ2) is 6.75. The fourth-order valence-corrected chi connectivity index (χ4v) is 2.20. The van der Waals surface area contributed by atoms with Crippen LogP contribution < -0.4 is 5.32 Å². The van der Waals surface area contributed by atoms with Crippen molar-refractivity contribution in [3.63, 3.8) is 0 Å². The Balaban J connectivity index is 1.68. The Morgan fingerprint density at radius 1 is 1.17 bits per heavy atom. The normalized spacial score (nSPS) is 10.2. The van der Waals surface area contributed by atoms with Gasteiger partial charge in [0.1, 0.15) is 5.82 Å². The molecule has 0 unspecified atom stereocenters. The smallest absolute Gasteiger partial charge is 0.256 e. The van der Waals surface area contributed by atoms with Crippen LogP contribution in [0.15, 0.2) is 60.8 Å². The molecule has 0 radical (unpaired) electrons. The predicted molar refractivity (Wildman–Crippen MR) is 86.8 cm³/mol. The van der Waals surface area contributed by atoms with Crippen LogP contribution in [0.2, 0.25) is 0 Å². The molecular formula is C18H13FN4O. The van der Waals surface area contributed by atoms with Crippen molar-refractivity contribution in [2.45, 2.75) is 6.54 Å². The van der Waals surface area contributed by atoms with E-state index in [1.165, 1.54) is 6.07 Å². The highest BCUT2D eigenvalue weighted by Gasteiger charge is 2.09. The largest absolute Gasteiger partial charge is 0.305 e. The second-order valence-corrected chi connectivity index (χ2v) is 5.13. The fourth-order valence-electron chi connectivity index (χ4n) is 2.20. The highest BCUT2D eigenvalue weighted by atomic mass is 19.1. The molecule has 2 aromatic carbocycles. The molecule has 1 N–H and O–H groups in total. The number of carbonyl (C=O) groups is 1. The van der Waals surface area contributed by atoms with Gasteiger partial charge in [-0.3, -0.25) is 9.48 Å². The van der Waals surface area contributed by atoms with E-state index < -0.39 is 0 Å². The Kier molecular flexibility index (Phi) is 4.34. The number of rotatable bonds is 4. The number of anilines is 1. The average molecular weight is 320 g/mol. The van der Waals surface area contributed by atoms with Gasteiger partial charge < -0.3 is 5.32 Å². The molecule has 1 aromatic heterocycles. The first kappa shape index (κ1) is 15.4. The van der Waals surface area contributed by atoms with E-state index in [1.807, 2.05) is 6.07 Å². The standard InChI is InChI=1S/C18H13FN4O/c19-16-4-2-1-3-15(16)12-23-10-9-17(22-23)21-18(24)14-7-5-13(11-20)6-8-14/h1-10H,12H2,(H,21,22,24). The summed E-state index contributed by atoms with van der Waals surface area (Å²) in [6.45, 7) is 0.277. The molecule has 0 spiro atoms. The van der Waals surface area contributed by atoms with Crippen molar-refractivity contribution in [1.82, 2.24) is 9.78 Å². The lowest BCUT2D eigenvalue weighted by molar-refractivity contribution is 0.102. The lowest BCUT2D eigenvalue weighted by Gasteiger charge is -2.04. The van der Waals surface area contributed by atoms with Gasteiger partial charge in [-0.15, -0.1) is 0 Å². The van der Waals surface area contributed by atoms with Crippen molar-refractivity contribution in [1.29, 1.82) is 5.26 Å². The van der Waals surface area contributed by atoms with Crippen LogP contribution in [0.5, 0.6) is 0 Å². The van der Waals surface area contributed by atoms with E-state index in [0.29, 0.717) is 22.5 Å². The topological polar surface area (TPSA) is 70.7 Å². The first-order valence-electron chi connectivity index (χ1n) is 7.24. The number of aromatic nitrogens is 2. The molecule has 0 saturated heterocycles. The Bertz CT molecular complexity index is 909. The SMILES string of the molecule is N#Cc1ccc(C(=O)Nc2ccn(Cc3ccccc3F)n2)cc1. The van der Waals surface area contributed by atoms with E-state index in [9.17, 15) is 9.18 Å². The number of carbonyl (C=O) groups excluding carboxylic acids is 1. The van der Waals surface area contributed by atoms with E-state index in [1.54, 1.807) is 59.4 Å². The minimum atomic E-state index is -0.323. The van der Waals surface area contributed by atoms with Crippen LogP contribution in [0.3, 0.4) is 0 Å². The Labute approximate surface area is 138 Å². The minimum Gasteiger partial charge on any atom is -0.305 e. The van der Waals surface area contributed by atoms with Gasteiger partial charge in [0, 0.05) is 23.4 Å². The predicted octanol–water partition coefficient (Wildman–Crippen LogP) is 3.19. The maximum Gasteiger partial charge on any atom is 0.256 e. The van der Waals surface area contributed by atoms with Crippen molar-refractivity contribution in [2.75, 3.05) is 5.32 Å². The van der Waals surface area contributed by atoms with Crippen molar-refractivity contribution in [3.8, 4) is 6.07 Å². The zero-order valence-electron chi connectivity index (χ0n) is 12.6. The monoisotopic (exact) mass is 320 g/mol. The number of benzene rings is 2. The van der Waals surface area contributed by atoms with Gasteiger partial charge in [0.05, 0.1) is 18.2 Å². The van der Waals surface area contributed by atoms with Gasteiger partial charge in [0.2, 0.25) is 0 Å². The summed E-state index contributed by atoms with van der Waals surface area (Å²) in [5.74, 6) is -0.243. The number of nitriles is 1. The Morgan fingerprint density at radius 3 is 2.62 bits per heavy atom. The maximum atomic E-state index is 13.6. The van der Waals surface area contributed by atoms with Crippen molar-refractivity contribution in [2.24, 2.45) is 0 Å². The number of nitrogens with zero attached hydrogens (tertiary/aromatic N) is 3. The van der Waals surface area contributed by atoms with E-state index in [0.717, 1.165) is 0 Å². The van der Waals surface area contributed by atoms with Crippen LogP contribution in [0.4, 0.5) is 10.2 Å². The first-order valence-corrected chi connectivity index (χ1v) is 7.24. The lowest BCUT2D eigenvalue weighted by atomic mass is 10.1. The third-order valence-corrected chi connectivity index (χ3v) is 3.45. The third-order valence-electron chi connectivity index (χ3n) is 3.45. The summed E-state index contributed by atoms with van der Waals surface area (Å²) in [6, 6.07) is 16.4. The zero-order valence-corrected chi connectivity index (χ0v) is 12.6. The van der Waals surface area contributed by atoms with Crippen molar-refractivity contribution in [3.05, 3.63) is 83.3 Å². The van der Waals surface area contributed by atoms with Crippen LogP contribution >= 0.6 is 0 Å². The molecule has 0 fully saturated rings. The van der Waals surface area contributed by atoms with Crippen LogP contribution in [-0.2, 0) is 6.54 Å². The molecule has 3 rings (SSSR count). The Morgan fingerprint density at radius 2 is 1.92 bits per heavy atom. The molecule has 6 heteroatoms. The average Bonchev–Trinajstić information content (AvgIpc) is 3.04. The molecule has 1 amide bonds. The molecular weight excluding hydrogens is 307 g/mol. The summed E-state index contributed by atoms with van der Waals surface area (Å²) in [5, 5.41) is 15.6. The summed E-state index contributed by atoms with van der Waals surface area (Å²) in [5.41, 5.74) is 1.43. The number of hydrogen-bond acceptors (Lipinski definition) is 3. The second-order valence-electron chi connectivity index (χ2n) is 5.13.